The molecule has 3 aromatic heterocycles. The number of methoxy groups -OCH3 is 1. The Hall–Kier alpha value is -2.97. The summed E-state index contributed by atoms with van der Waals surface area (Å²) in [6, 6.07) is 10.7. The summed E-state index contributed by atoms with van der Waals surface area (Å²) in [7, 11) is 1.35. The quantitative estimate of drug-likeness (QED) is 0.466. The Labute approximate surface area is 168 Å². The Kier molecular flexibility index (Phi) is 4.97. The van der Waals surface area contributed by atoms with Gasteiger partial charge in [0, 0.05) is 21.5 Å². The summed E-state index contributed by atoms with van der Waals surface area (Å²) in [5.41, 5.74) is 2.08. The van der Waals surface area contributed by atoms with E-state index in [4.69, 9.17) is 4.74 Å². The van der Waals surface area contributed by atoms with Crippen LogP contribution in [0.5, 0.6) is 0 Å². The average molecular weight is 412 g/mol. The first kappa shape index (κ1) is 18.4. The third-order valence-corrected chi connectivity index (χ3v) is 6.12. The molecule has 0 saturated heterocycles. The molecule has 8 heteroatoms. The third-order valence-electron chi connectivity index (χ3n) is 4.35. The standard InChI is InChI=1S/C20H17N3O3S2/c1-11(21-13-7-5-12(6-8-13)20(25)26-2)17-22-18(24)16-14(10-28-19(16)23-17)15-4-3-9-27-15/h3-11,21H,1-2H3,(H,22,23,24)/t11-/m1/s1. The lowest BCUT2D eigenvalue weighted by atomic mass is 10.2. The smallest absolute Gasteiger partial charge is 0.337 e. The van der Waals surface area contributed by atoms with Crippen LogP contribution in [0.4, 0.5) is 5.69 Å². The molecule has 0 fully saturated rings. The van der Waals surface area contributed by atoms with Crippen molar-refractivity contribution in [1.29, 1.82) is 0 Å². The monoisotopic (exact) mass is 411 g/mol. The minimum atomic E-state index is -0.379. The van der Waals surface area contributed by atoms with E-state index in [-0.39, 0.29) is 17.6 Å². The van der Waals surface area contributed by atoms with Crippen LogP contribution in [0.15, 0.2) is 52.0 Å². The van der Waals surface area contributed by atoms with Gasteiger partial charge in [-0.1, -0.05) is 6.07 Å². The van der Waals surface area contributed by atoms with Crippen molar-refractivity contribution in [3.8, 4) is 10.4 Å². The summed E-state index contributed by atoms with van der Waals surface area (Å²) in [6.45, 7) is 1.92. The van der Waals surface area contributed by atoms with E-state index in [0.717, 1.165) is 21.0 Å². The highest BCUT2D eigenvalue weighted by molar-refractivity contribution is 7.18. The number of aromatic nitrogens is 2. The molecule has 142 valence electrons. The first-order chi connectivity index (χ1) is 13.6. The van der Waals surface area contributed by atoms with Crippen molar-refractivity contribution in [2.24, 2.45) is 0 Å². The third kappa shape index (κ3) is 3.44. The molecule has 2 N–H and O–H groups in total. The van der Waals surface area contributed by atoms with E-state index < -0.39 is 0 Å². The molecular weight excluding hydrogens is 394 g/mol. The number of carbonyl (C=O) groups is 1. The van der Waals surface area contributed by atoms with Gasteiger partial charge in [0.1, 0.15) is 10.7 Å². The second-order valence-electron chi connectivity index (χ2n) is 6.19. The maximum Gasteiger partial charge on any atom is 0.337 e. The summed E-state index contributed by atoms with van der Waals surface area (Å²) < 4.78 is 4.70. The highest BCUT2D eigenvalue weighted by Gasteiger charge is 2.16. The summed E-state index contributed by atoms with van der Waals surface area (Å²) in [4.78, 5) is 33.6. The van der Waals surface area contributed by atoms with Gasteiger partial charge >= 0.3 is 5.97 Å². The number of fused-ring (bicyclic) bond motifs is 1. The minimum absolute atomic E-state index is 0.140. The van der Waals surface area contributed by atoms with Gasteiger partial charge in [0.25, 0.3) is 5.56 Å². The number of nitrogens with one attached hydrogen (secondary N) is 2. The molecule has 3 heterocycles. The van der Waals surface area contributed by atoms with Crippen molar-refractivity contribution in [3.05, 3.63) is 68.9 Å². The molecule has 1 aromatic carbocycles. The van der Waals surface area contributed by atoms with Crippen LogP contribution in [0.3, 0.4) is 0 Å². The van der Waals surface area contributed by atoms with E-state index in [9.17, 15) is 9.59 Å². The van der Waals surface area contributed by atoms with E-state index >= 15 is 0 Å². The molecule has 4 aromatic rings. The van der Waals surface area contributed by atoms with Crippen molar-refractivity contribution in [3.63, 3.8) is 0 Å². The number of benzene rings is 1. The molecule has 28 heavy (non-hydrogen) atoms. The van der Waals surface area contributed by atoms with Gasteiger partial charge in [0.05, 0.1) is 24.1 Å². The lowest BCUT2D eigenvalue weighted by Crippen LogP contribution is -2.17. The van der Waals surface area contributed by atoms with Gasteiger partial charge in [0.2, 0.25) is 0 Å². The Bertz CT molecular complexity index is 1180. The molecule has 0 aliphatic rings. The van der Waals surface area contributed by atoms with Crippen LogP contribution in [-0.4, -0.2) is 23.0 Å². The van der Waals surface area contributed by atoms with Crippen LogP contribution < -0.4 is 10.9 Å². The number of thiophene rings is 2. The largest absolute Gasteiger partial charge is 0.465 e. The molecule has 0 spiro atoms. The number of carbonyl (C=O) groups excluding carboxylic acids is 1. The molecule has 0 aliphatic heterocycles. The van der Waals surface area contributed by atoms with Crippen LogP contribution >= 0.6 is 22.7 Å². The van der Waals surface area contributed by atoms with Gasteiger partial charge in [-0.2, -0.15) is 0 Å². The van der Waals surface area contributed by atoms with E-state index in [0.29, 0.717) is 16.8 Å². The number of H-pyrrole nitrogens is 1. The summed E-state index contributed by atoms with van der Waals surface area (Å²) in [5, 5.41) is 7.89. The van der Waals surface area contributed by atoms with Gasteiger partial charge in [-0.25, -0.2) is 9.78 Å². The topological polar surface area (TPSA) is 84.1 Å². The molecular formula is C20H17N3O3S2. The summed E-state index contributed by atoms with van der Waals surface area (Å²) in [5.74, 6) is 0.185. The molecule has 0 radical (unpaired) electrons. The fourth-order valence-corrected chi connectivity index (χ4v) is 4.69. The number of esters is 1. The Morgan fingerprint density at radius 3 is 2.68 bits per heavy atom. The second-order valence-corrected chi connectivity index (χ2v) is 8.00. The SMILES string of the molecule is COC(=O)c1ccc(N[C@H](C)c2nc3scc(-c4cccs4)c3c(=O)[nH]2)cc1. The Balaban J connectivity index is 1.60. The zero-order chi connectivity index (χ0) is 19.7. The molecule has 0 saturated carbocycles. The highest BCUT2D eigenvalue weighted by Crippen LogP contribution is 2.33. The normalized spacial score (nSPS) is 12.1. The first-order valence-corrected chi connectivity index (χ1v) is 10.3. The molecule has 6 nitrogen and oxygen atoms in total. The molecule has 1 atom stereocenters. The summed E-state index contributed by atoms with van der Waals surface area (Å²) in [6.07, 6.45) is 0. The van der Waals surface area contributed by atoms with Gasteiger partial charge in [-0.15, -0.1) is 22.7 Å². The number of hydrogen-bond donors (Lipinski definition) is 2. The Morgan fingerprint density at radius 1 is 1.21 bits per heavy atom. The van der Waals surface area contributed by atoms with Gasteiger partial charge in [-0.3, -0.25) is 4.79 Å². The van der Waals surface area contributed by atoms with Crippen LogP contribution in [0.1, 0.15) is 29.1 Å². The minimum Gasteiger partial charge on any atom is -0.465 e. The first-order valence-electron chi connectivity index (χ1n) is 8.57. The molecule has 0 amide bonds. The van der Waals surface area contributed by atoms with E-state index in [2.05, 4.69) is 15.3 Å². The number of anilines is 1. The molecule has 0 bridgehead atoms. The summed E-state index contributed by atoms with van der Waals surface area (Å²) >= 11 is 3.07. The lowest BCUT2D eigenvalue weighted by molar-refractivity contribution is 0.0601. The van der Waals surface area contributed by atoms with Gasteiger partial charge in [0.15, 0.2) is 0 Å². The molecule has 0 aliphatic carbocycles. The van der Waals surface area contributed by atoms with E-state index in [1.807, 2.05) is 29.8 Å². The zero-order valence-electron chi connectivity index (χ0n) is 15.2. The highest BCUT2D eigenvalue weighted by atomic mass is 32.1. The predicted octanol–water partition coefficient (Wildman–Crippen LogP) is 4.67. The van der Waals surface area contributed by atoms with E-state index in [1.165, 1.54) is 18.4 Å². The zero-order valence-corrected chi connectivity index (χ0v) is 16.8. The maximum absolute atomic E-state index is 12.7. The predicted molar refractivity (Wildman–Crippen MR) is 113 cm³/mol. The van der Waals surface area contributed by atoms with Crippen molar-refractivity contribution in [2.45, 2.75) is 13.0 Å². The van der Waals surface area contributed by atoms with E-state index in [1.54, 1.807) is 35.6 Å². The Morgan fingerprint density at radius 2 is 2.00 bits per heavy atom. The number of ether oxygens (including phenoxy) is 1. The molecule has 0 unspecified atom stereocenters. The second kappa shape index (κ2) is 7.57. The number of aromatic amines is 1. The fraction of sp³-hybridized carbons (Fsp3) is 0.150. The lowest BCUT2D eigenvalue weighted by Gasteiger charge is -2.14. The van der Waals surface area contributed by atoms with Gasteiger partial charge in [-0.05, 0) is 42.6 Å². The fourth-order valence-electron chi connectivity index (χ4n) is 2.92. The van der Waals surface area contributed by atoms with Crippen LogP contribution in [0, 0.1) is 0 Å². The molecule has 4 rings (SSSR count). The van der Waals surface area contributed by atoms with Gasteiger partial charge < -0.3 is 15.0 Å². The van der Waals surface area contributed by atoms with Crippen LogP contribution in [-0.2, 0) is 4.74 Å². The number of rotatable bonds is 5. The van der Waals surface area contributed by atoms with Crippen molar-refractivity contribution < 1.29 is 9.53 Å². The maximum atomic E-state index is 12.7. The average Bonchev–Trinajstić information content (AvgIpc) is 3.37. The van der Waals surface area contributed by atoms with Crippen LogP contribution in [0.25, 0.3) is 20.7 Å². The van der Waals surface area contributed by atoms with Crippen molar-refractivity contribution in [1.82, 2.24) is 9.97 Å². The number of hydrogen-bond acceptors (Lipinski definition) is 7. The van der Waals surface area contributed by atoms with Crippen molar-refractivity contribution in [2.75, 3.05) is 12.4 Å². The number of nitrogens with zero attached hydrogens (tertiary/aromatic N) is 1. The van der Waals surface area contributed by atoms with Crippen molar-refractivity contribution >= 4 is 44.5 Å². The van der Waals surface area contributed by atoms with Crippen LogP contribution in [0.2, 0.25) is 0 Å².